The van der Waals surface area contributed by atoms with E-state index in [-0.39, 0.29) is 6.10 Å². The highest BCUT2D eigenvalue weighted by Crippen LogP contribution is 2.28. The van der Waals surface area contributed by atoms with E-state index in [1.54, 1.807) is 16.8 Å². The second kappa shape index (κ2) is 6.68. The summed E-state index contributed by atoms with van der Waals surface area (Å²) in [7, 11) is 0. The minimum absolute atomic E-state index is 0.268. The number of β-amino-alcohol motifs (C(OH)–C–C–N with tert-alkyl or cyclic N) is 1. The van der Waals surface area contributed by atoms with Gasteiger partial charge in [-0.25, -0.2) is 4.68 Å². The van der Waals surface area contributed by atoms with Crippen molar-refractivity contribution in [3.63, 3.8) is 0 Å². The van der Waals surface area contributed by atoms with Crippen LogP contribution in [0.1, 0.15) is 12.8 Å². The van der Waals surface area contributed by atoms with Gasteiger partial charge in [0.05, 0.1) is 17.8 Å². The van der Waals surface area contributed by atoms with Gasteiger partial charge in [-0.15, -0.1) is 0 Å². The first-order valence-electron chi connectivity index (χ1n) is 7.05. The number of nitrogens with zero attached hydrogens (tertiary/aromatic N) is 3. The Morgan fingerprint density at radius 2 is 2.23 bits per heavy atom. The molecule has 5 nitrogen and oxygen atoms in total. The summed E-state index contributed by atoms with van der Waals surface area (Å²) >= 11 is 17.4. The largest absolute Gasteiger partial charge is 0.392 e. The third kappa shape index (κ3) is 3.52. The van der Waals surface area contributed by atoms with E-state index in [4.69, 9.17) is 35.4 Å². The summed E-state index contributed by atoms with van der Waals surface area (Å²) in [6, 6.07) is 5.25. The molecule has 1 fully saturated rings. The number of hydrogen-bond donors (Lipinski definition) is 2. The summed E-state index contributed by atoms with van der Waals surface area (Å²) in [6.45, 7) is 2.17. The zero-order valence-electron chi connectivity index (χ0n) is 11.8. The van der Waals surface area contributed by atoms with E-state index in [0.717, 1.165) is 24.9 Å². The molecule has 1 aromatic carbocycles. The van der Waals surface area contributed by atoms with Crippen LogP contribution in [-0.4, -0.2) is 44.0 Å². The molecule has 0 saturated carbocycles. The molecule has 0 radical (unpaired) electrons. The quantitative estimate of drug-likeness (QED) is 0.826. The van der Waals surface area contributed by atoms with Gasteiger partial charge >= 0.3 is 0 Å². The highest BCUT2D eigenvalue weighted by molar-refractivity contribution is 7.71. The van der Waals surface area contributed by atoms with Gasteiger partial charge in [-0.1, -0.05) is 23.2 Å². The maximum atomic E-state index is 9.74. The van der Waals surface area contributed by atoms with Crippen molar-refractivity contribution in [1.82, 2.24) is 19.7 Å². The molecule has 1 aliphatic rings. The molecule has 118 valence electrons. The lowest BCUT2D eigenvalue weighted by Crippen LogP contribution is -2.39. The van der Waals surface area contributed by atoms with Gasteiger partial charge < -0.3 is 5.11 Å². The van der Waals surface area contributed by atoms with E-state index < -0.39 is 0 Å². The van der Waals surface area contributed by atoms with Gasteiger partial charge in [-0.3, -0.25) is 10.00 Å². The Labute approximate surface area is 143 Å². The second-order valence-corrected chi connectivity index (χ2v) is 6.63. The van der Waals surface area contributed by atoms with Crippen molar-refractivity contribution < 1.29 is 5.11 Å². The standard InChI is InChI=1S/C14H16Cl2N4OS/c15-9-3-4-11(12(16)6-9)13-17-14(22)20(18-13)8-19-5-1-2-10(21)7-19/h3-4,6,10,21H,1-2,5,7-8H2,(H,17,18,22)/t10-/m1/s1. The van der Waals surface area contributed by atoms with Gasteiger partial charge in [0.1, 0.15) is 0 Å². The zero-order chi connectivity index (χ0) is 15.7. The number of H-pyrrole nitrogens is 1. The first kappa shape index (κ1) is 16.0. The molecule has 3 rings (SSSR count). The maximum Gasteiger partial charge on any atom is 0.217 e. The molecule has 0 aliphatic carbocycles. The van der Waals surface area contributed by atoms with Gasteiger partial charge in [-0.05, 0) is 43.3 Å². The van der Waals surface area contributed by atoms with Crippen molar-refractivity contribution in [2.75, 3.05) is 13.1 Å². The van der Waals surface area contributed by atoms with Crippen LogP contribution in [0.4, 0.5) is 0 Å². The van der Waals surface area contributed by atoms with Gasteiger partial charge in [0.2, 0.25) is 4.77 Å². The summed E-state index contributed by atoms with van der Waals surface area (Å²) < 4.78 is 2.24. The van der Waals surface area contributed by atoms with E-state index in [9.17, 15) is 5.11 Å². The zero-order valence-corrected chi connectivity index (χ0v) is 14.1. The summed E-state index contributed by atoms with van der Waals surface area (Å²) in [4.78, 5) is 6.51. The third-order valence-corrected chi connectivity index (χ3v) is 4.55. The Morgan fingerprint density at radius 1 is 1.41 bits per heavy atom. The van der Waals surface area contributed by atoms with E-state index in [1.807, 2.05) is 6.07 Å². The molecular formula is C14H16Cl2N4OS. The average molecular weight is 359 g/mol. The highest BCUT2D eigenvalue weighted by atomic mass is 35.5. The Morgan fingerprint density at radius 3 is 2.95 bits per heavy atom. The van der Waals surface area contributed by atoms with Gasteiger partial charge in [0.25, 0.3) is 0 Å². The van der Waals surface area contributed by atoms with Crippen LogP contribution in [0.5, 0.6) is 0 Å². The normalized spacial score (nSPS) is 19.5. The lowest BCUT2D eigenvalue weighted by Gasteiger charge is -2.29. The van der Waals surface area contributed by atoms with Crippen LogP contribution in [0.25, 0.3) is 11.4 Å². The summed E-state index contributed by atoms with van der Waals surface area (Å²) in [5, 5.41) is 14.0. The number of aliphatic hydroxyl groups is 1. The molecule has 22 heavy (non-hydrogen) atoms. The molecule has 2 N–H and O–H groups in total. The Balaban J connectivity index is 1.83. The summed E-state index contributed by atoms with van der Waals surface area (Å²) in [5.41, 5.74) is 0.759. The molecule has 1 aromatic heterocycles. The predicted octanol–water partition coefficient (Wildman–Crippen LogP) is 3.33. The van der Waals surface area contributed by atoms with Crippen molar-refractivity contribution in [3.05, 3.63) is 33.0 Å². The number of benzene rings is 1. The van der Waals surface area contributed by atoms with Crippen LogP contribution in [0.15, 0.2) is 18.2 Å². The van der Waals surface area contributed by atoms with E-state index in [0.29, 0.717) is 33.9 Å². The molecule has 8 heteroatoms. The topological polar surface area (TPSA) is 57.1 Å². The SMILES string of the molecule is O[C@@H]1CCCN(Cn2[nH]c(-c3ccc(Cl)cc3Cl)nc2=S)C1. The number of hydrogen-bond acceptors (Lipinski definition) is 4. The molecule has 1 atom stereocenters. The number of aliphatic hydroxyl groups excluding tert-OH is 1. The number of rotatable bonds is 3. The Bertz CT molecular complexity index is 730. The van der Waals surface area contributed by atoms with E-state index in [1.165, 1.54) is 0 Å². The van der Waals surface area contributed by atoms with Crippen LogP contribution in [0.2, 0.25) is 10.0 Å². The number of aromatic nitrogens is 3. The maximum absolute atomic E-state index is 9.74. The van der Waals surface area contributed by atoms with Crippen LogP contribution in [0.3, 0.4) is 0 Å². The molecular weight excluding hydrogens is 343 g/mol. The Hall–Kier alpha value is -0.920. The van der Waals surface area contributed by atoms with Crippen LogP contribution >= 0.6 is 35.4 Å². The smallest absolute Gasteiger partial charge is 0.217 e. The molecule has 2 heterocycles. The van der Waals surface area contributed by atoms with Gasteiger partial charge in [0.15, 0.2) is 5.82 Å². The first-order chi connectivity index (χ1) is 10.5. The molecule has 0 spiro atoms. The fourth-order valence-electron chi connectivity index (χ4n) is 2.61. The van der Waals surface area contributed by atoms with Crippen LogP contribution < -0.4 is 0 Å². The predicted molar refractivity (Wildman–Crippen MR) is 89.7 cm³/mol. The van der Waals surface area contributed by atoms with E-state index in [2.05, 4.69) is 15.0 Å². The monoisotopic (exact) mass is 358 g/mol. The molecule has 2 aromatic rings. The lowest BCUT2D eigenvalue weighted by molar-refractivity contribution is 0.0514. The van der Waals surface area contributed by atoms with Crippen LogP contribution in [0, 0.1) is 4.77 Å². The number of piperidine rings is 1. The molecule has 1 saturated heterocycles. The molecule has 1 aliphatic heterocycles. The highest BCUT2D eigenvalue weighted by Gasteiger charge is 2.18. The minimum Gasteiger partial charge on any atom is -0.392 e. The number of aromatic amines is 1. The van der Waals surface area contributed by atoms with Crippen molar-refractivity contribution in [3.8, 4) is 11.4 Å². The van der Waals surface area contributed by atoms with Crippen molar-refractivity contribution in [2.45, 2.75) is 25.6 Å². The molecule has 0 amide bonds. The molecule has 0 bridgehead atoms. The third-order valence-electron chi connectivity index (χ3n) is 3.69. The second-order valence-electron chi connectivity index (χ2n) is 5.42. The minimum atomic E-state index is -0.268. The lowest BCUT2D eigenvalue weighted by atomic mass is 10.1. The Kier molecular flexibility index (Phi) is 4.84. The van der Waals surface area contributed by atoms with Crippen molar-refractivity contribution in [2.24, 2.45) is 0 Å². The fourth-order valence-corrected chi connectivity index (χ4v) is 3.31. The molecule has 0 unspecified atom stereocenters. The van der Waals surface area contributed by atoms with E-state index >= 15 is 0 Å². The summed E-state index contributed by atoms with van der Waals surface area (Å²) in [5.74, 6) is 0.615. The van der Waals surface area contributed by atoms with Crippen molar-refractivity contribution in [1.29, 1.82) is 0 Å². The number of halogens is 2. The fraction of sp³-hybridized carbons (Fsp3) is 0.429. The summed E-state index contributed by atoms with van der Waals surface area (Å²) in [6.07, 6.45) is 1.57. The number of nitrogens with one attached hydrogen (secondary N) is 1. The van der Waals surface area contributed by atoms with Gasteiger partial charge in [0, 0.05) is 23.7 Å². The number of likely N-dealkylation sites (tertiary alicyclic amines) is 1. The average Bonchev–Trinajstić information content (AvgIpc) is 2.80. The van der Waals surface area contributed by atoms with Gasteiger partial charge in [-0.2, -0.15) is 4.98 Å². The van der Waals surface area contributed by atoms with Crippen molar-refractivity contribution >= 4 is 35.4 Å². The first-order valence-corrected chi connectivity index (χ1v) is 8.22. The van der Waals surface area contributed by atoms with Crippen LogP contribution in [-0.2, 0) is 6.67 Å².